The number of hydrogen-bond acceptors (Lipinski definition) is 3. The second-order valence-electron chi connectivity index (χ2n) is 6.45. The van der Waals surface area contributed by atoms with E-state index >= 15 is 0 Å². The Balaban J connectivity index is 1.48. The SMILES string of the molecule is C[C@@H]1CN(Cc2ccccc2)CCN1CC(=O)Nc1ccccc1. The van der Waals surface area contributed by atoms with E-state index in [1.807, 2.05) is 30.3 Å². The first kappa shape index (κ1) is 16.7. The third kappa shape index (κ3) is 4.66. The van der Waals surface area contributed by atoms with Gasteiger partial charge in [0.05, 0.1) is 6.54 Å². The highest BCUT2D eigenvalue weighted by Gasteiger charge is 2.25. The van der Waals surface area contributed by atoms with Crippen molar-refractivity contribution in [1.29, 1.82) is 0 Å². The molecule has 2 aromatic rings. The second-order valence-corrected chi connectivity index (χ2v) is 6.45. The van der Waals surface area contributed by atoms with E-state index in [4.69, 9.17) is 0 Å². The summed E-state index contributed by atoms with van der Waals surface area (Å²) in [7, 11) is 0. The van der Waals surface area contributed by atoms with Gasteiger partial charge in [0.1, 0.15) is 0 Å². The number of anilines is 1. The Morgan fingerprint density at radius 2 is 1.71 bits per heavy atom. The number of amides is 1. The van der Waals surface area contributed by atoms with E-state index in [2.05, 4.69) is 52.4 Å². The molecule has 2 aromatic carbocycles. The molecule has 1 aliphatic rings. The molecule has 0 spiro atoms. The van der Waals surface area contributed by atoms with Crippen LogP contribution in [0.2, 0.25) is 0 Å². The maximum absolute atomic E-state index is 12.2. The van der Waals surface area contributed by atoms with Crippen LogP contribution in [-0.2, 0) is 11.3 Å². The molecule has 1 atom stereocenters. The molecule has 126 valence electrons. The van der Waals surface area contributed by atoms with Gasteiger partial charge in [-0.3, -0.25) is 14.6 Å². The molecule has 24 heavy (non-hydrogen) atoms. The summed E-state index contributed by atoms with van der Waals surface area (Å²) in [5.41, 5.74) is 2.21. The Morgan fingerprint density at radius 1 is 1.04 bits per heavy atom. The molecule has 1 fully saturated rings. The van der Waals surface area contributed by atoms with E-state index in [9.17, 15) is 4.79 Å². The Bertz CT molecular complexity index is 644. The van der Waals surface area contributed by atoms with Gasteiger partial charge in [0, 0.05) is 37.9 Å². The quantitative estimate of drug-likeness (QED) is 0.919. The van der Waals surface area contributed by atoms with Crippen molar-refractivity contribution in [2.45, 2.75) is 19.5 Å². The average Bonchev–Trinajstić information content (AvgIpc) is 2.59. The first-order valence-corrected chi connectivity index (χ1v) is 8.56. The lowest BCUT2D eigenvalue weighted by Crippen LogP contribution is -2.53. The van der Waals surface area contributed by atoms with Gasteiger partial charge in [-0.2, -0.15) is 0 Å². The summed E-state index contributed by atoms with van der Waals surface area (Å²) in [5.74, 6) is 0.0598. The molecular weight excluding hydrogens is 298 g/mol. The number of carbonyl (C=O) groups is 1. The Labute approximate surface area is 144 Å². The van der Waals surface area contributed by atoms with Crippen molar-refractivity contribution in [3.8, 4) is 0 Å². The number of piperazine rings is 1. The summed E-state index contributed by atoms with van der Waals surface area (Å²) < 4.78 is 0. The first-order valence-electron chi connectivity index (χ1n) is 8.56. The molecule has 4 nitrogen and oxygen atoms in total. The molecule has 1 amide bonds. The lowest BCUT2D eigenvalue weighted by Gasteiger charge is -2.39. The standard InChI is InChI=1S/C20H25N3O/c1-17-14-22(15-18-8-4-2-5-9-18)12-13-23(17)16-20(24)21-19-10-6-3-7-11-19/h2-11,17H,12-16H2,1H3,(H,21,24)/t17-/m1/s1. The Kier molecular flexibility index (Phi) is 5.62. The fourth-order valence-corrected chi connectivity index (χ4v) is 3.20. The number of nitrogens with zero attached hydrogens (tertiary/aromatic N) is 2. The van der Waals surface area contributed by atoms with Crippen molar-refractivity contribution in [2.24, 2.45) is 0 Å². The third-order valence-electron chi connectivity index (χ3n) is 4.50. The summed E-state index contributed by atoms with van der Waals surface area (Å²) >= 11 is 0. The predicted octanol–water partition coefficient (Wildman–Crippen LogP) is 2.83. The number of nitrogens with one attached hydrogen (secondary N) is 1. The van der Waals surface area contributed by atoms with Gasteiger partial charge in [0.25, 0.3) is 0 Å². The zero-order chi connectivity index (χ0) is 16.8. The smallest absolute Gasteiger partial charge is 0.238 e. The lowest BCUT2D eigenvalue weighted by molar-refractivity contribution is -0.118. The first-order chi connectivity index (χ1) is 11.7. The van der Waals surface area contributed by atoms with Gasteiger partial charge < -0.3 is 5.32 Å². The molecular formula is C20H25N3O. The predicted molar refractivity (Wildman–Crippen MR) is 97.8 cm³/mol. The van der Waals surface area contributed by atoms with Crippen molar-refractivity contribution in [3.05, 3.63) is 66.2 Å². The summed E-state index contributed by atoms with van der Waals surface area (Å²) in [6.45, 7) is 6.55. The molecule has 1 heterocycles. The zero-order valence-electron chi connectivity index (χ0n) is 14.2. The van der Waals surface area contributed by atoms with Crippen molar-refractivity contribution < 1.29 is 4.79 Å². The minimum atomic E-state index is 0.0598. The molecule has 0 radical (unpaired) electrons. The lowest BCUT2D eigenvalue weighted by atomic mass is 10.1. The highest BCUT2D eigenvalue weighted by atomic mass is 16.2. The van der Waals surface area contributed by atoms with Crippen LogP contribution in [0.4, 0.5) is 5.69 Å². The summed E-state index contributed by atoms with van der Waals surface area (Å²) in [6, 6.07) is 20.6. The largest absolute Gasteiger partial charge is 0.325 e. The van der Waals surface area contributed by atoms with E-state index < -0.39 is 0 Å². The van der Waals surface area contributed by atoms with Gasteiger partial charge in [-0.1, -0.05) is 48.5 Å². The fraction of sp³-hybridized carbons (Fsp3) is 0.350. The van der Waals surface area contributed by atoms with Gasteiger partial charge in [0.2, 0.25) is 5.91 Å². The molecule has 0 saturated carbocycles. The minimum absolute atomic E-state index is 0.0598. The van der Waals surface area contributed by atoms with E-state index in [1.165, 1.54) is 5.56 Å². The van der Waals surface area contributed by atoms with Crippen molar-refractivity contribution >= 4 is 11.6 Å². The van der Waals surface area contributed by atoms with Gasteiger partial charge in [-0.05, 0) is 24.6 Å². The molecule has 4 heteroatoms. The van der Waals surface area contributed by atoms with Gasteiger partial charge in [-0.15, -0.1) is 0 Å². The number of benzene rings is 2. The number of hydrogen-bond donors (Lipinski definition) is 1. The van der Waals surface area contributed by atoms with E-state index in [-0.39, 0.29) is 5.91 Å². The molecule has 1 saturated heterocycles. The number of para-hydroxylation sites is 1. The second kappa shape index (κ2) is 8.08. The Morgan fingerprint density at radius 3 is 2.38 bits per heavy atom. The molecule has 0 unspecified atom stereocenters. The number of rotatable bonds is 5. The van der Waals surface area contributed by atoms with Crippen molar-refractivity contribution in [3.63, 3.8) is 0 Å². The third-order valence-corrected chi connectivity index (χ3v) is 4.50. The van der Waals surface area contributed by atoms with E-state index in [0.29, 0.717) is 12.6 Å². The van der Waals surface area contributed by atoms with E-state index in [1.54, 1.807) is 0 Å². The van der Waals surface area contributed by atoms with Crippen LogP contribution in [-0.4, -0.2) is 47.9 Å². The van der Waals surface area contributed by atoms with Crippen LogP contribution < -0.4 is 5.32 Å². The van der Waals surface area contributed by atoms with Gasteiger partial charge in [0.15, 0.2) is 0 Å². The summed E-state index contributed by atoms with van der Waals surface area (Å²) in [4.78, 5) is 17.0. The highest BCUT2D eigenvalue weighted by Crippen LogP contribution is 2.13. The molecule has 0 aromatic heterocycles. The molecule has 1 aliphatic heterocycles. The van der Waals surface area contributed by atoms with Crippen LogP contribution in [0.1, 0.15) is 12.5 Å². The maximum Gasteiger partial charge on any atom is 0.238 e. The van der Waals surface area contributed by atoms with Gasteiger partial charge in [-0.25, -0.2) is 0 Å². The van der Waals surface area contributed by atoms with E-state index in [0.717, 1.165) is 31.9 Å². The van der Waals surface area contributed by atoms with Crippen LogP contribution in [0.15, 0.2) is 60.7 Å². The minimum Gasteiger partial charge on any atom is -0.325 e. The van der Waals surface area contributed by atoms with Crippen molar-refractivity contribution in [1.82, 2.24) is 9.80 Å². The van der Waals surface area contributed by atoms with Crippen LogP contribution in [0.25, 0.3) is 0 Å². The van der Waals surface area contributed by atoms with Crippen molar-refractivity contribution in [2.75, 3.05) is 31.5 Å². The summed E-state index contributed by atoms with van der Waals surface area (Å²) in [6.07, 6.45) is 0. The van der Waals surface area contributed by atoms with Crippen LogP contribution >= 0.6 is 0 Å². The van der Waals surface area contributed by atoms with Gasteiger partial charge >= 0.3 is 0 Å². The Hall–Kier alpha value is -2.17. The topological polar surface area (TPSA) is 35.6 Å². The fourth-order valence-electron chi connectivity index (χ4n) is 3.20. The molecule has 3 rings (SSSR count). The molecule has 0 aliphatic carbocycles. The normalized spacial score (nSPS) is 19.1. The highest BCUT2D eigenvalue weighted by molar-refractivity contribution is 5.92. The monoisotopic (exact) mass is 323 g/mol. The molecule has 1 N–H and O–H groups in total. The van der Waals surface area contributed by atoms with Crippen LogP contribution in [0, 0.1) is 0 Å². The van der Waals surface area contributed by atoms with Crippen LogP contribution in [0.3, 0.4) is 0 Å². The summed E-state index contributed by atoms with van der Waals surface area (Å²) in [5, 5.41) is 2.97. The molecule has 0 bridgehead atoms. The number of carbonyl (C=O) groups excluding carboxylic acids is 1. The average molecular weight is 323 g/mol. The van der Waals surface area contributed by atoms with Crippen LogP contribution in [0.5, 0.6) is 0 Å². The zero-order valence-corrected chi connectivity index (χ0v) is 14.2. The maximum atomic E-state index is 12.2.